The van der Waals surface area contributed by atoms with Crippen molar-refractivity contribution < 1.29 is 105 Å². The number of rotatable bonds is 36. The van der Waals surface area contributed by atoms with Crippen molar-refractivity contribution in [3.05, 3.63) is 24.2 Å². The van der Waals surface area contributed by atoms with E-state index in [1.54, 1.807) is 109 Å². The Balaban J connectivity index is 0.000000209. The highest BCUT2D eigenvalue weighted by Gasteiger charge is 2.75. The van der Waals surface area contributed by atoms with Gasteiger partial charge in [-0.3, -0.25) is 57.5 Å². The lowest BCUT2D eigenvalue weighted by Gasteiger charge is -2.38. The van der Waals surface area contributed by atoms with Crippen molar-refractivity contribution in [2.45, 2.75) is 337 Å². The van der Waals surface area contributed by atoms with Gasteiger partial charge in [-0.15, -0.1) is 23.2 Å². The van der Waals surface area contributed by atoms with Gasteiger partial charge >= 0.3 is 36.0 Å². The van der Waals surface area contributed by atoms with Gasteiger partial charge in [0.15, 0.2) is 0 Å². The molecule has 0 radical (unpaired) electrons. The minimum Gasteiger partial charge on any atom is -0.466 e. The number of urea groups is 3. The summed E-state index contributed by atoms with van der Waals surface area (Å²) < 4.78 is 20.3. The number of piperidine rings is 3. The number of nitrogens with zero attached hydrogens (tertiary/aromatic N) is 3. The zero-order valence-electron chi connectivity index (χ0n) is 82.2. The van der Waals surface area contributed by atoms with Crippen molar-refractivity contribution in [1.82, 2.24) is 62.6 Å². The first-order chi connectivity index (χ1) is 62.4. The molecule has 15 amide bonds. The van der Waals surface area contributed by atoms with Crippen LogP contribution in [-0.4, -0.2) is 230 Å². The summed E-state index contributed by atoms with van der Waals surface area (Å²) >= 11 is 13.0. The minimum atomic E-state index is -1.26. The fourth-order valence-electron chi connectivity index (χ4n) is 19.8. The maximum Gasteiger partial charge on any atom is 0.329 e. The summed E-state index contributed by atoms with van der Waals surface area (Å²) in [6, 6.07) is -11.0. The molecule has 11 aliphatic rings. The summed E-state index contributed by atoms with van der Waals surface area (Å²) in [5, 5.41) is 24.6. The molecule has 3 aliphatic heterocycles. The molecule has 1 aromatic heterocycles. The molecule has 3 saturated heterocycles. The van der Waals surface area contributed by atoms with Gasteiger partial charge in [-0.1, -0.05) is 182 Å². The van der Waals surface area contributed by atoms with E-state index in [4.69, 9.17) is 59.0 Å². The van der Waals surface area contributed by atoms with Crippen LogP contribution in [-0.2, 0) is 92.7 Å². The Morgan fingerprint density at radius 2 is 0.778 bits per heavy atom. The van der Waals surface area contributed by atoms with Crippen molar-refractivity contribution in [3.63, 3.8) is 0 Å². The third-order valence-corrected chi connectivity index (χ3v) is 30.4. The smallest absolute Gasteiger partial charge is 0.329 e. The van der Waals surface area contributed by atoms with E-state index in [2.05, 4.69) is 61.7 Å². The van der Waals surface area contributed by atoms with Gasteiger partial charge in [0.1, 0.15) is 76.7 Å². The number of halogens is 2. The number of Topliss-reactive ketones (excluding diaryl/α,β-unsaturated/α-hetero) is 3. The predicted octanol–water partition coefficient (Wildman–Crippen LogP) is 6.74. The molecule has 12 rings (SSSR count). The first kappa shape index (κ1) is 107. The summed E-state index contributed by atoms with van der Waals surface area (Å²) in [7, 11) is 0. The highest BCUT2D eigenvalue weighted by molar-refractivity contribution is 6.51. The van der Waals surface area contributed by atoms with E-state index in [-0.39, 0.29) is 83.7 Å². The average molecular weight is 1930 g/mol. The number of carbonyl (C=O) groups excluding carboxylic acids is 18. The van der Waals surface area contributed by atoms with Crippen LogP contribution in [0.15, 0.2) is 22.8 Å². The zero-order chi connectivity index (χ0) is 101. The molecule has 1 aromatic rings. The predicted molar refractivity (Wildman–Crippen MR) is 495 cm³/mol. The SMILES string of the molecule is CC(C)(C)OC(=O)[C@@H](NC(=O)N[C@H](C(=O)N1C[C@H]2[C@@H]([C@H]1C(=O)NC(CC1CCC1)C(=O)C(N)=O)C2(Cl)Cl)C(C)(C)C)C(C)(C)C.CC(C)(C)[C@H](NC(=O)N[C@H](C(=O)OCC1CC1)C1CCC1)C(=O)N1C[C@H]2[C@@H]([C@H]1C(=O)NC(CC1CC1)C(=O)C(N)=O)C2(C)C.CC(C)[C@H](NC(=O)N[C@H](C(=O)N1C[C@H]2[C@@H]([C@H]1C(=O)NC(CC1CCC1)C(=O)C(N)=O)C2(C)C)C(C)(C)C)C(=O)OCc1ccco1. The van der Waals surface area contributed by atoms with E-state index in [1.165, 1.54) is 21.0 Å². The number of amides is 15. The normalized spacial score (nSPS) is 25.3. The van der Waals surface area contributed by atoms with Crippen LogP contribution in [0.4, 0.5) is 14.4 Å². The number of hydrogen-bond donors (Lipinski definition) is 12. The first-order valence-corrected chi connectivity index (χ1v) is 48.6. The number of furan rings is 1. The van der Waals surface area contributed by atoms with E-state index in [0.717, 1.165) is 83.5 Å². The number of likely N-dealkylation sites (tertiary alicyclic amines) is 3. The number of hydrogen-bond acceptors (Lipinski definition) is 22. The number of nitrogens with two attached hydrogens (primary N) is 3. The maximum absolute atomic E-state index is 14.2. The van der Waals surface area contributed by atoms with E-state index >= 15 is 0 Å². The maximum atomic E-state index is 14.2. The Labute approximate surface area is 801 Å². The Kier molecular flexibility index (Phi) is 33.0. The first-order valence-electron chi connectivity index (χ1n) is 47.9. The number of alkyl halides is 2. The van der Waals surface area contributed by atoms with Gasteiger partial charge in [0.2, 0.25) is 52.8 Å². The fraction of sp³-hybridized carbons (Fsp3) is 0.771. The molecule has 0 aromatic carbocycles. The molecule has 4 heterocycles. The summed E-state index contributed by atoms with van der Waals surface area (Å²) in [6.07, 6.45) is 14.5. The van der Waals surface area contributed by atoms with Crippen molar-refractivity contribution in [3.8, 4) is 0 Å². The van der Waals surface area contributed by atoms with Gasteiger partial charge < -0.3 is 98.4 Å². The standard InChI is InChI=1S/C33H49N5O8.C32H49N5O7.C31H49Cl2N5O7/c1-17(2)23(30(43)46-16-19-12-9-13-45-19)36-31(44)37-26(32(3,4)5)29(42)38-15-20-22(33(20,6)7)24(38)28(41)35-21(25(39)27(34)40)14-18-10-8-11-18;1-31(2,3)25(36-30(43)35-22(18-7-6-8-18)29(42)44-15-17-11-12-17)28(41)37-14-19-21(32(19,4)5)23(37)27(40)34-20(13-16-9-10-16)24(38)26(33)39;1-28(2,3)21(36-27(44)37-22(29(4,5)6)26(43)45-30(7,8)9)25(42)38-14-16-18(31(16,32)33)19(38)24(41)35-17(20(39)23(34)40)13-15-11-10-12-15/h9,12-13,17-18,20-24,26H,8,10-11,14-16H2,1-7H3,(H2,34,40)(H,35,41)(H2,36,37,44);16-23,25H,6-15H2,1-5H3,(H2,33,39)(H,34,40)(H2,35,36,43);15-19,21-22H,10-14H2,1-9H3,(H2,34,40)(H,35,41)(H2,36,37,44)/t20-,21?,22-,23-,24-,26+;19-,20?,21-,22-,23-,25+;16-,17?,18-,19-,21+,22+/m000/s1. The lowest BCUT2D eigenvalue weighted by molar-refractivity contribution is -0.160. The third-order valence-electron chi connectivity index (χ3n) is 29.3. The van der Waals surface area contributed by atoms with Gasteiger partial charge in [-0.2, -0.15) is 0 Å². The lowest BCUT2D eigenvalue weighted by atomic mass is 9.79. The Morgan fingerprint density at radius 1 is 0.430 bits per heavy atom. The van der Waals surface area contributed by atoms with Crippen molar-refractivity contribution in [2.75, 3.05) is 26.2 Å². The molecule has 11 fully saturated rings. The number of nitrogens with one attached hydrogen (secondary N) is 9. The van der Waals surface area contributed by atoms with Gasteiger partial charge in [0.05, 0.1) is 31.0 Å². The number of ketones is 3. The number of carbonyl (C=O) groups is 18. The summed E-state index contributed by atoms with van der Waals surface area (Å²) in [5.41, 5.74) is 11.6. The van der Waals surface area contributed by atoms with E-state index in [1.807, 2.05) is 34.6 Å². The molecule has 18 atom stereocenters. The molecule has 135 heavy (non-hydrogen) atoms. The van der Waals surface area contributed by atoms with Crippen LogP contribution in [0.5, 0.6) is 0 Å². The highest BCUT2D eigenvalue weighted by atomic mass is 35.5. The fourth-order valence-corrected chi connectivity index (χ4v) is 20.6. The molecule has 0 spiro atoms. The highest BCUT2D eigenvalue weighted by Crippen LogP contribution is 2.67. The monoisotopic (exact) mass is 1930 g/mol. The van der Waals surface area contributed by atoms with Crippen LogP contribution in [0.1, 0.15) is 254 Å². The number of esters is 3. The molecule has 752 valence electrons. The second-order valence-corrected chi connectivity index (χ2v) is 47.8. The summed E-state index contributed by atoms with van der Waals surface area (Å²) in [4.78, 5) is 240. The van der Waals surface area contributed by atoms with Crippen molar-refractivity contribution in [2.24, 2.45) is 121 Å². The Hall–Kier alpha value is -9.68. The van der Waals surface area contributed by atoms with E-state index in [9.17, 15) is 86.3 Å². The van der Waals surface area contributed by atoms with Crippen LogP contribution >= 0.6 is 23.2 Å². The molecule has 37 nitrogen and oxygen atoms in total. The summed E-state index contributed by atoms with van der Waals surface area (Å²) in [5.74, 6) is -10.8. The lowest BCUT2D eigenvalue weighted by Crippen LogP contribution is -2.63. The van der Waals surface area contributed by atoms with E-state index in [0.29, 0.717) is 44.2 Å². The number of primary amides is 3. The second kappa shape index (κ2) is 41.5. The Bertz CT molecular complexity index is 4660. The number of ether oxygens (including phenoxy) is 3. The van der Waals surface area contributed by atoms with Crippen LogP contribution in [0.3, 0.4) is 0 Å². The molecular weight excluding hydrogens is 1790 g/mol. The van der Waals surface area contributed by atoms with Gasteiger partial charge in [-0.25, -0.2) is 28.8 Å². The third kappa shape index (κ3) is 26.2. The second-order valence-electron chi connectivity index (χ2n) is 46.4. The van der Waals surface area contributed by atoms with Crippen LogP contribution < -0.4 is 65.1 Å². The quantitative estimate of drug-likeness (QED) is 0.0143. The minimum absolute atomic E-state index is 0.0102. The van der Waals surface area contributed by atoms with Gasteiger partial charge in [-0.05, 0) is 170 Å². The van der Waals surface area contributed by atoms with Crippen LogP contribution in [0, 0.1) is 104 Å². The molecule has 0 bridgehead atoms. The Morgan fingerprint density at radius 3 is 1.10 bits per heavy atom. The molecule has 15 N–H and O–H groups in total. The van der Waals surface area contributed by atoms with Crippen molar-refractivity contribution >= 4 is 130 Å². The number of fused-ring (bicyclic) bond motifs is 3. The van der Waals surface area contributed by atoms with Crippen LogP contribution in [0.25, 0.3) is 0 Å². The zero-order valence-corrected chi connectivity index (χ0v) is 83.8. The van der Waals surface area contributed by atoms with Gasteiger partial charge in [0.25, 0.3) is 17.7 Å². The molecule has 8 saturated carbocycles. The van der Waals surface area contributed by atoms with E-state index < -0.39 is 222 Å². The average Bonchev–Trinajstić information content (AvgIpc) is 1.53. The van der Waals surface area contributed by atoms with Crippen LogP contribution in [0.2, 0.25) is 0 Å². The van der Waals surface area contributed by atoms with Gasteiger partial charge in [0, 0.05) is 31.5 Å². The molecule has 8 aliphatic carbocycles. The molecule has 3 unspecified atom stereocenters. The summed E-state index contributed by atoms with van der Waals surface area (Å²) in [6.45, 7) is 39.3. The largest absolute Gasteiger partial charge is 0.466 e. The molecule has 39 heteroatoms. The molecular formula is C96H147Cl2N15O22. The topological polar surface area (TPSA) is 544 Å². The van der Waals surface area contributed by atoms with Crippen molar-refractivity contribution in [1.29, 1.82) is 0 Å².